The van der Waals surface area contributed by atoms with Gasteiger partial charge in [-0.1, -0.05) is 32.9 Å². The van der Waals surface area contributed by atoms with Crippen molar-refractivity contribution in [2.24, 2.45) is 0 Å². The molecule has 0 aliphatic carbocycles. The van der Waals surface area contributed by atoms with Gasteiger partial charge in [0.15, 0.2) is 0 Å². The molecule has 0 spiro atoms. The third-order valence-electron chi connectivity index (χ3n) is 4.07. The van der Waals surface area contributed by atoms with Crippen LogP contribution in [0.25, 0.3) is 0 Å². The lowest BCUT2D eigenvalue weighted by Gasteiger charge is -2.36. The Morgan fingerprint density at radius 3 is 1.95 bits per heavy atom. The maximum atomic E-state index is 6.27. The van der Waals surface area contributed by atoms with Crippen LogP contribution in [0.3, 0.4) is 0 Å². The van der Waals surface area contributed by atoms with E-state index in [1.54, 1.807) is 0 Å². The van der Waals surface area contributed by atoms with Crippen LogP contribution in [0.5, 0.6) is 17.2 Å². The molecule has 0 saturated carbocycles. The molecule has 0 aliphatic rings. The fourth-order valence-corrected chi connectivity index (χ4v) is 3.08. The zero-order chi connectivity index (χ0) is 16.4. The number of halogens is 1. The van der Waals surface area contributed by atoms with Crippen molar-refractivity contribution in [1.29, 1.82) is 0 Å². The van der Waals surface area contributed by atoms with Crippen molar-refractivity contribution in [2.45, 2.75) is 38.9 Å². The molecule has 0 bridgehead atoms. The highest BCUT2D eigenvalue weighted by molar-refractivity contribution is 9.10. The van der Waals surface area contributed by atoms with Crippen LogP contribution in [-0.4, -0.2) is 8.32 Å². The van der Waals surface area contributed by atoms with Crippen LogP contribution in [0.4, 0.5) is 0 Å². The minimum absolute atomic E-state index is 0.192. The van der Waals surface area contributed by atoms with E-state index in [0.717, 1.165) is 21.7 Å². The summed E-state index contributed by atoms with van der Waals surface area (Å²) in [6, 6.07) is 15.7. The van der Waals surface area contributed by atoms with Crippen LogP contribution in [0.1, 0.15) is 20.8 Å². The van der Waals surface area contributed by atoms with Crippen molar-refractivity contribution in [2.75, 3.05) is 0 Å². The second kappa shape index (κ2) is 6.47. The van der Waals surface area contributed by atoms with Crippen LogP contribution in [0, 0.1) is 0 Å². The van der Waals surface area contributed by atoms with Gasteiger partial charge in [-0.2, -0.15) is 0 Å². The van der Waals surface area contributed by atoms with Crippen molar-refractivity contribution in [3.63, 3.8) is 0 Å². The van der Waals surface area contributed by atoms with Gasteiger partial charge in [-0.05, 0) is 70.5 Å². The Bertz CT molecular complexity index is 630. The molecular formula is C18H23BrO2Si. The van der Waals surface area contributed by atoms with E-state index in [4.69, 9.17) is 9.16 Å². The highest BCUT2D eigenvalue weighted by Crippen LogP contribution is 2.38. The van der Waals surface area contributed by atoms with Crippen molar-refractivity contribution in [3.05, 3.63) is 53.0 Å². The molecule has 0 aromatic heterocycles. The molecule has 0 amide bonds. The number of para-hydroxylation sites is 1. The highest BCUT2D eigenvalue weighted by atomic mass is 79.9. The predicted molar refractivity (Wildman–Crippen MR) is 98.5 cm³/mol. The van der Waals surface area contributed by atoms with E-state index < -0.39 is 8.32 Å². The molecule has 118 valence electrons. The number of benzene rings is 2. The van der Waals surface area contributed by atoms with Gasteiger partial charge in [0.1, 0.15) is 17.2 Å². The van der Waals surface area contributed by atoms with Gasteiger partial charge < -0.3 is 9.16 Å². The molecule has 22 heavy (non-hydrogen) atoms. The van der Waals surface area contributed by atoms with E-state index in [2.05, 4.69) is 49.8 Å². The van der Waals surface area contributed by atoms with E-state index in [-0.39, 0.29) is 5.04 Å². The summed E-state index contributed by atoms with van der Waals surface area (Å²) < 4.78 is 13.1. The number of ether oxygens (including phenoxy) is 1. The molecule has 0 fully saturated rings. The number of hydrogen-bond donors (Lipinski definition) is 0. The normalized spacial score (nSPS) is 12.1. The lowest BCUT2D eigenvalue weighted by atomic mass is 10.2. The lowest BCUT2D eigenvalue weighted by Crippen LogP contribution is -2.43. The first kappa shape index (κ1) is 17.1. The minimum Gasteiger partial charge on any atom is -0.543 e. The van der Waals surface area contributed by atoms with E-state index in [1.807, 2.05) is 48.5 Å². The molecule has 0 aliphatic heterocycles. The van der Waals surface area contributed by atoms with E-state index >= 15 is 0 Å². The van der Waals surface area contributed by atoms with Crippen LogP contribution >= 0.6 is 15.9 Å². The lowest BCUT2D eigenvalue weighted by molar-refractivity contribution is 0.472. The van der Waals surface area contributed by atoms with Gasteiger partial charge in [0.2, 0.25) is 8.32 Å². The van der Waals surface area contributed by atoms with Gasteiger partial charge in [0.05, 0.1) is 4.47 Å². The first-order valence-electron chi connectivity index (χ1n) is 7.40. The summed E-state index contributed by atoms with van der Waals surface area (Å²) in [5, 5.41) is 0.192. The largest absolute Gasteiger partial charge is 0.543 e. The van der Waals surface area contributed by atoms with Crippen molar-refractivity contribution >= 4 is 24.2 Å². The Morgan fingerprint density at radius 2 is 1.41 bits per heavy atom. The predicted octanol–water partition coefficient (Wildman–Crippen LogP) is 6.63. The Morgan fingerprint density at radius 1 is 0.864 bits per heavy atom. The topological polar surface area (TPSA) is 18.5 Å². The van der Waals surface area contributed by atoms with Crippen molar-refractivity contribution in [1.82, 2.24) is 0 Å². The average Bonchev–Trinajstić information content (AvgIpc) is 2.42. The smallest absolute Gasteiger partial charge is 0.250 e. The van der Waals surface area contributed by atoms with Crippen LogP contribution in [-0.2, 0) is 0 Å². The standard InChI is InChI=1S/C18H23BrO2Si/c1-18(2,3)22(4,5)21-15-12-10-14(11-13-15)20-17-9-7-6-8-16(17)19/h6-13H,1-5H3. The maximum absolute atomic E-state index is 6.27. The first-order valence-corrected chi connectivity index (χ1v) is 11.1. The summed E-state index contributed by atoms with van der Waals surface area (Å²) in [5.41, 5.74) is 0. The van der Waals surface area contributed by atoms with Gasteiger partial charge in [-0.15, -0.1) is 0 Å². The zero-order valence-electron chi connectivity index (χ0n) is 13.8. The molecule has 4 heteroatoms. The third-order valence-corrected chi connectivity index (χ3v) is 9.08. The summed E-state index contributed by atoms with van der Waals surface area (Å²) in [7, 11) is -1.79. The fraction of sp³-hybridized carbons (Fsp3) is 0.333. The molecule has 2 aromatic carbocycles. The molecule has 0 atom stereocenters. The van der Waals surface area contributed by atoms with Gasteiger partial charge in [-0.3, -0.25) is 0 Å². The summed E-state index contributed by atoms with van der Waals surface area (Å²) in [5.74, 6) is 2.51. The Balaban J connectivity index is 2.10. The fourth-order valence-electron chi connectivity index (χ4n) is 1.68. The van der Waals surface area contributed by atoms with E-state index in [0.29, 0.717) is 0 Å². The van der Waals surface area contributed by atoms with Gasteiger partial charge in [-0.25, -0.2) is 0 Å². The van der Waals surface area contributed by atoms with Gasteiger partial charge >= 0.3 is 0 Å². The van der Waals surface area contributed by atoms with Crippen LogP contribution < -0.4 is 9.16 Å². The Kier molecular flexibility index (Phi) is 5.02. The summed E-state index contributed by atoms with van der Waals surface area (Å²) in [6.07, 6.45) is 0. The molecule has 2 nitrogen and oxygen atoms in total. The zero-order valence-corrected chi connectivity index (χ0v) is 16.4. The number of rotatable bonds is 4. The second-order valence-corrected chi connectivity index (χ2v) is 12.4. The van der Waals surface area contributed by atoms with Crippen LogP contribution in [0.2, 0.25) is 18.1 Å². The summed E-state index contributed by atoms with van der Waals surface area (Å²) >= 11 is 3.49. The van der Waals surface area contributed by atoms with Crippen LogP contribution in [0.15, 0.2) is 53.0 Å². The average molecular weight is 379 g/mol. The Hall–Kier alpha value is -1.26. The SMILES string of the molecule is CC(C)(C)[Si](C)(C)Oc1ccc(Oc2ccccc2Br)cc1. The molecule has 2 aromatic rings. The third kappa shape index (κ3) is 4.14. The molecule has 0 unspecified atom stereocenters. The Labute approximate surface area is 142 Å². The molecule has 0 saturated heterocycles. The monoisotopic (exact) mass is 378 g/mol. The van der Waals surface area contributed by atoms with Gasteiger partial charge in [0.25, 0.3) is 0 Å². The van der Waals surface area contributed by atoms with E-state index in [9.17, 15) is 0 Å². The van der Waals surface area contributed by atoms with Crippen molar-refractivity contribution in [3.8, 4) is 17.2 Å². The molecule has 0 heterocycles. The maximum Gasteiger partial charge on any atom is 0.250 e. The van der Waals surface area contributed by atoms with E-state index in [1.165, 1.54) is 0 Å². The second-order valence-electron chi connectivity index (χ2n) is 6.87. The summed E-state index contributed by atoms with van der Waals surface area (Å²) in [6.45, 7) is 11.2. The minimum atomic E-state index is -1.79. The highest BCUT2D eigenvalue weighted by Gasteiger charge is 2.38. The molecule has 2 rings (SSSR count). The number of hydrogen-bond acceptors (Lipinski definition) is 2. The quantitative estimate of drug-likeness (QED) is 0.556. The summed E-state index contributed by atoms with van der Waals surface area (Å²) in [4.78, 5) is 0. The molecular weight excluding hydrogens is 356 g/mol. The van der Waals surface area contributed by atoms with Gasteiger partial charge in [0, 0.05) is 0 Å². The molecule has 0 N–H and O–H groups in total. The molecule has 0 radical (unpaired) electrons. The van der Waals surface area contributed by atoms with Crippen molar-refractivity contribution < 1.29 is 9.16 Å². The first-order chi connectivity index (χ1) is 10.2.